The Bertz CT molecular complexity index is 1140. The summed E-state index contributed by atoms with van der Waals surface area (Å²) in [5, 5.41) is 7.14. The van der Waals surface area contributed by atoms with E-state index in [1.807, 2.05) is 39.0 Å². The number of anilines is 2. The second kappa shape index (κ2) is 9.40. The lowest BCUT2D eigenvalue weighted by atomic mass is 10.0. The Hall–Kier alpha value is -3.75. The van der Waals surface area contributed by atoms with Gasteiger partial charge in [-0.15, -0.1) is 0 Å². The summed E-state index contributed by atoms with van der Waals surface area (Å²) in [6.45, 7) is 6.86. The molecule has 0 bridgehead atoms. The summed E-state index contributed by atoms with van der Waals surface area (Å²) in [5.74, 6) is -0.0763. The molecular weight excluding hydrogens is 420 g/mol. The van der Waals surface area contributed by atoms with E-state index in [0.29, 0.717) is 24.2 Å². The summed E-state index contributed by atoms with van der Waals surface area (Å²) in [6.07, 6.45) is 6.14. The summed E-state index contributed by atoms with van der Waals surface area (Å²) in [7, 11) is 0. The van der Waals surface area contributed by atoms with Crippen LogP contribution in [0.5, 0.6) is 0 Å². The number of pyridine rings is 1. The van der Waals surface area contributed by atoms with Gasteiger partial charge in [-0.25, -0.2) is 14.8 Å². The maximum Gasteiger partial charge on any atom is 0.410 e. The maximum atomic E-state index is 12.8. The third-order valence-electron chi connectivity index (χ3n) is 5.31. The molecular formula is C24H28N6O3. The fourth-order valence-electron chi connectivity index (χ4n) is 3.77. The van der Waals surface area contributed by atoms with E-state index in [2.05, 4.69) is 25.6 Å². The topological polar surface area (TPSA) is 109 Å². The number of hydrogen-bond acceptors (Lipinski definition) is 7. The van der Waals surface area contributed by atoms with Crippen molar-refractivity contribution in [2.45, 2.75) is 45.3 Å². The van der Waals surface area contributed by atoms with Crippen LogP contribution in [-0.4, -0.2) is 56.6 Å². The van der Waals surface area contributed by atoms with Gasteiger partial charge in [0.15, 0.2) is 0 Å². The number of aromatic nitrogens is 3. The van der Waals surface area contributed by atoms with E-state index in [1.165, 1.54) is 0 Å². The Balaban J connectivity index is 1.46. The molecule has 0 atom stereocenters. The van der Waals surface area contributed by atoms with Gasteiger partial charge in [0.1, 0.15) is 5.60 Å². The van der Waals surface area contributed by atoms with Crippen molar-refractivity contribution in [1.29, 1.82) is 0 Å². The summed E-state index contributed by atoms with van der Waals surface area (Å²) in [5.41, 5.74) is 1.45. The van der Waals surface area contributed by atoms with Crippen molar-refractivity contribution >= 4 is 34.5 Å². The van der Waals surface area contributed by atoms with E-state index >= 15 is 0 Å². The van der Waals surface area contributed by atoms with E-state index in [0.717, 1.165) is 23.9 Å². The van der Waals surface area contributed by atoms with Gasteiger partial charge >= 0.3 is 6.09 Å². The molecule has 2 N–H and O–H groups in total. The highest BCUT2D eigenvalue weighted by molar-refractivity contribution is 6.13. The quantitative estimate of drug-likeness (QED) is 0.619. The van der Waals surface area contributed by atoms with Crippen LogP contribution in [0.3, 0.4) is 0 Å². The van der Waals surface area contributed by atoms with Crippen LogP contribution >= 0.6 is 0 Å². The zero-order valence-corrected chi connectivity index (χ0v) is 19.0. The largest absolute Gasteiger partial charge is 0.444 e. The van der Waals surface area contributed by atoms with Gasteiger partial charge in [-0.3, -0.25) is 15.1 Å². The molecule has 4 rings (SSSR count). The molecule has 33 heavy (non-hydrogen) atoms. The first kappa shape index (κ1) is 22.4. The first-order valence-electron chi connectivity index (χ1n) is 11.0. The number of ether oxygens (including phenoxy) is 1. The van der Waals surface area contributed by atoms with Crippen molar-refractivity contribution < 1.29 is 14.3 Å². The predicted molar refractivity (Wildman–Crippen MR) is 126 cm³/mol. The molecule has 3 heterocycles. The van der Waals surface area contributed by atoms with E-state index in [1.54, 1.807) is 35.6 Å². The number of carbonyl (C=O) groups is 2. The Kier molecular flexibility index (Phi) is 6.39. The average molecular weight is 449 g/mol. The lowest BCUT2D eigenvalue weighted by Gasteiger charge is -2.34. The van der Waals surface area contributed by atoms with Gasteiger partial charge < -0.3 is 15.0 Å². The Morgan fingerprint density at radius 1 is 1.00 bits per heavy atom. The molecule has 1 aromatic carbocycles. The van der Waals surface area contributed by atoms with Crippen molar-refractivity contribution in [3.63, 3.8) is 0 Å². The van der Waals surface area contributed by atoms with E-state index in [4.69, 9.17) is 4.74 Å². The molecule has 1 aliphatic heterocycles. The third kappa shape index (κ3) is 5.54. The molecule has 9 nitrogen and oxygen atoms in total. The zero-order chi connectivity index (χ0) is 23.4. The van der Waals surface area contributed by atoms with Gasteiger partial charge in [0, 0.05) is 48.8 Å². The molecule has 0 aliphatic carbocycles. The molecule has 1 aliphatic rings. The van der Waals surface area contributed by atoms with Gasteiger partial charge in [-0.1, -0.05) is 0 Å². The first-order chi connectivity index (χ1) is 15.8. The van der Waals surface area contributed by atoms with Crippen molar-refractivity contribution in [1.82, 2.24) is 19.9 Å². The van der Waals surface area contributed by atoms with Crippen LogP contribution < -0.4 is 10.6 Å². The van der Waals surface area contributed by atoms with Gasteiger partial charge in [0.05, 0.1) is 11.1 Å². The first-order valence-corrected chi connectivity index (χ1v) is 11.0. The highest BCUT2D eigenvalue weighted by Gasteiger charge is 2.27. The monoisotopic (exact) mass is 448 g/mol. The van der Waals surface area contributed by atoms with Crippen LogP contribution in [-0.2, 0) is 4.74 Å². The van der Waals surface area contributed by atoms with Crippen LogP contribution in [0.4, 0.5) is 16.4 Å². The molecule has 172 valence electrons. The van der Waals surface area contributed by atoms with Gasteiger partial charge in [-0.2, -0.15) is 0 Å². The number of piperidine rings is 1. The second-order valence-corrected chi connectivity index (χ2v) is 8.97. The van der Waals surface area contributed by atoms with Crippen molar-refractivity contribution in [3.8, 4) is 0 Å². The second-order valence-electron chi connectivity index (χ2n) is 8.97. The van der Waals surface area contributed by atoms with Crippen molar-refractivity contribution in [2.24, 2.45) is 0 Å². The molecule has 0 saturated carbocycles. The molecule has 2 aromatic heterocycles. The molecule has 0 unspecified atom stereocenters. The smallest absolute Gasteiger partial charge is 0.410 e. The number of fused-ring (bicyclic) bond motifs is 1. The minimum atomic E-state index is -0.501. The summed E-state index contributed by atoms with van der Waals surface area (Å²) in [6, 6.07) is 9.32. The summed E-state index contributed by atoms with van der Waals surface area (Å²) < 4.78 is 5.48. The van der Waals surface area contributed by atoms with Gasteiger partial charge in [0.2, 0.25) is 5.95 Å². The third-order valence-corrected chi connectivity index (χ3v) is 5.31. The normalized spacial score (nSPS) is 14.7. The van der Waals surface area contributed by atoms with Crippen molar-refractivity contribution in [3.05, 3.63) is 54.5 Å². The molecule has 1 saturated heterocycles. The Morgan fingerprint density at radius 2 is 1.70 bits per heavy atom. The molecule has 9 heteroatoms. The highest BCUT2D eigenvalue weighted by atomic mass is 16.6. The van der Waals surface area contributed by atoms with Crippen molar-refractivity contribution in [2.75, 3.05) is 23.7 Å². The minimum absolute atomic E-state index is 0.199. The van der Waals surface area contributed by atoms with E-state index in [9.17, 15) is 9.59 Å². The number of amides is 2. The number of hydrogen-bond donors (Lipinski definition) is 2. The minimum Gasteiger partial charge on any atom is -0.444 e. The summed E-state index contributed by atoms with van der Waals surface area (Å²) >= 11 is 0. The number of nitrogens with zero attached hydrogens (tertiary/aromatic N) is 4. The number of rotatable bonds is 4. The molecule has 2 amide bonds. The lowest BCUT2D eigenvalue weighted by Crippen LogP contribution is -2.44. The average Bonchev–Trinajstić information content (AvgIpc) is 2.79. The fraction of sp³-hybridized carbons (Fsp3) is 0.375. The van der Waals surface area contributed by atoms with Crippen LogP contribution in [0.25, 0.3) is 10.9 Å². The van der Waals surface area contributed by atoms with Crippen LogP contribution in [0.1, 0.15) is 44.0 Å². The number of carbonyl (C=O) groups excluding carboxylic acids is 2. The SMILES string of the molecule is CC(C)(C)OC(=O)N1CCC(Nc2ccc(C(=O)Nc3ncccn3)c3ncccc23)CC1. The van der Waals surface area contributed by atoms with E-state index < -0.39 is 5.60 Å². The number of nitrogens with one attached hydrogen (secondary N) is 2. The number of benzene rings is 1. The van der Waals surface area contributed by atoms with Crippen LogP contribution in [0.2, 0.25) is 0 Å². The molecule has 1 fully saturated rings. The predicted octanol–water partition coefficient (Wildman–Crippen LogP) is 4.09. The highest BCUT2D eigenvalue weighted by Crippen LogP contribution is 2.28. The van der Waals surface area contributed by atoms with Crippen LogP contribution in [0.15, 0.2) is 48.9 Å². The molecule has 3 aromatic rings. The molecule has 0 radical (unpaired) electrons. The number of likely N-dealkylation sites (tertiary alicyclic amines) is 1. The Labute approximate surface area is 192 Å². The van der Waals surface area contributed by atoms with Gasteiger partial charge in [-0.05, 0) is 63.9 Å². The lowest BCUT2D eigenvalue weighted by molar-refractivity contribution is 0.0210. The van der Waals surface area contributed by atoms with Gasteiger partial charge in [0.25, 0.3) is 5.91 Å². The van der Waals surface area contributed by atoms with Crippen LogP contribution in [0, 0.1) is 0 Å². The maximum absolute atomic E-state index is 12.8. The Morgan fingerprint density at radius 3 is 2.39 bits per heavy atom. The van der Waals surface area contributed by atoms with E-state index in [-0.39, 0.29) is 24.0 Å². The summed E-state index contributed by atoms with van der Waals surface area (Å²) in [4.78, 5) is 39.4. The zero-order valence-electron chi connectivity index (χ0n) is 19.0. The standard InChI is InChI=1S/C24H28N6O3/c1-24(2,3)33-23(32)30-14-9-16(10-15-30)28-19-8-7-18(20-17(19)6-4-11-25-20)21(31)29-22-26-12-5-13-27-22/h4-8,11-13,16,28H,9-10,14-15H2,1-3H3,(H,26,27,29,31). The molecule has 0 spiro atoms. The fourth-order valence-corrected chi connectivity index (χ4v) is 3.77.